The zero-order valence-electron chi connectivity index (χ0n) is 27.1. The van der Waals surface area contributed by atoms with Crippen LogP contribution in [-0.4, -0.2) is 108 Å². The van der Waals surface area contributed by atoms with Gasteiger partial charge in [0.2, 0.25) is 0 Å². The zero-order chi connectivity index (χ0) is 37.6. The molecule has 35 heteroatoms. The summed E-state index contributed by atoms with van der Waals surface area (Å²) in [5, 5.41) is 44.5. The van der Waals surface area contributed by atoms with Gasteiger partial charge < -0.3 is 165 Å². The van der Waals surface area contributed by atoms with E-state index in [1.54, 1.807) is 0 Å². The van der Waals surface area contributed by atoms with Crippen molar-refractivity contribution in [3.63, 3.8) is 0 Å². The molecule has 0 aliphatic heterocycles. The molecule has 0 heterocycles. The zero-order valence-corrected chi connectivity index (χ0v) is 43.4. The molecule has 0 aromatic heterocycles. The third-order valence-corrected chi connectivity index (χ3v) is 4.50. The molecular weight excluding hydrogens is 1200 g/mol. The van der Waals surface area contributed by atoms with E-state index in [-0.39, 0.29) is 198 Å². The van der Waals surface area contributed by atoms with Crippen molar-refractivity contribution in [1.29, 1.82) is 10.5 Å². The molecule has 0 aliphatic rings. The van der Waals surface area contributed by atoms with E-state index in [4.69, 9.17) is 81.0 Å². The third-order valence-electron chi connectivity index (χ3n) is 2.34. The number of hydrogen-bond donors (Lipinski definition) is 12. The Bertz CT molecular complexity index is 642. The van der Waals surface area contributed by atoms with Crippen LogP contribution in [0.1, 0.15) is 6.42 Å². The number of carbonyl (C=O) groups is 4. The van der Waals surface area contributed by atoms with E-state index < -0.39 is 48.0 Å². The molecule has 341 valence electrons. The largest absolute Gasteiger partial charge is 3.00 e. The van der Waals surface area contributed by atoms with Crippen LogP contribution in [0.2, 0.25) is 0 Å². The minimum absolute atomic E-state index is 0. The number of aliphatic carboxylic acids is 4. The van der Waals surface area contributed by atoms with Gasteiger partial charge in [-0.15, -0.1) is 0 Å². The van der Waals surface area contributed by atoms with Crippen LogP contribution in [0.5, 0.6) is 0 Å². The van der Waals surface area contributed by atoms with Crippen molar-refractivity contribution in [3.05, 3.63) is 33.1 Å². The molecule has 0 unspecified atom stereocenters. The Morgan fingerprint density at radius 3 is 0.600 bits per heavy atom. The first-order valence-electron chi connectivity index (χ1n) is 9.73. The topological polar surface area (TPSA) is 392 Å². The van der Waals surface area contributed by atoms with Gasteiger partial charge in [-0.05, 0) is 0 Å². The van der Waals surface area contributed by atoms with Crippen LogP contribution >= 0.6 is 50.5 Å². The van der Waals surface area contributed by atoms with E-state index in [0.29, 0.717) is 0 Å². The van der Waals surface area contributed by atoms with Crippen LogP contribution in [0.15, 0.2) is 0 Å². The molecule has 0 aliphatic carbocycles. The van der Waals surface area contributed by atoms with Crippen molar-refractivity contribution < 1.29 is 161 Å². The van der Waals surface area contributed by atoms with Gasteiger partial charge in [0.15, 0.2) is 0 Å². The maximum atomic E-state index is 9.76. The van der Waals surface area contributed by atoms with Gasteiger partial charge in [-0.2, -0.15) is 62.0 Å². The Kier molecular flexibility index (Phi) is 409. The minimum Gasteiger partial charge on any atom is -0.813 e. The van der Waals surface area contributed by atoms with Crippen LogP contribution in [0.25, 0.3) is 0 Å². The number of rotatable bonds is 10. The second-order valence-corrected chi connectivity index (χ2v) is 7.55. The van der Waals surface area contributed by atoms with E-state index in [0.717, 1.165) is 17.9 Å². The molecule has 0 spiro atoms. The first-order valence-corrected chi connectivity index (χ1v) is 13.4. The number of carboxylic acid groups (broad SMARTS) is 4. The normalized spacial score (nSPS) is 7.78. The minimum atomic E-state index is -1.00. The van der Waals surface area contributed by atoms with Gasteiger partial charge >= 0.3 is 91.9 Å². The van der Waals surface area contributed by atoms with Gasteiger partial charge in [0.1, 0.15) is 24.2 Å². The Hall–Kier alpha value is 2.85. The summed E-state index contributed by atoms with van der Waals surface area (Å²) in [5.74, 6) is -1.61. The number of nitrogens with two attached hydrogens (primary N) is 4. The standard InChI is InChI=1S/4C3H7NO2S.C3H8S2.2CN.3CO.6Fe.H2O.5H2S/c4*4-2(1-7)3(5)6;4-2-1-3-5;5*1-2;;;;;;;;;;;;/h4*2,7H,1,4H2,(H,5,6);4-5H,1-3H2;;;;;;;;;;;;6*1H2/q;;;;;2*-1;;;;;;;;+2;+3;;;;;;/p-7/t4*2-;;;;;;;;;;;;;;;;;;/m0000................../s1. The van der Waals surface area contributed by atoms with Crippen molar-refractivity contribution in [2.45, 2.75) is 30.6 Å². The molecule has 18 nitrogen and oxygen atoms in total. The number of nitrogens with zero attached hydrogens (tertiary/aromatic N) is 2. The maximum Gasteiger partial charge on any atom is 3.00 e. The summed E-state index contributed by atoms with van der Waals surface area (Å²) in [7, 11) is 0. The Balaban J connectivity index is -0.0000000111. The Labute approximate surface area is 454 Å². The molecule has 1 radical (unpaired) electrons. The van der Waals surface area contributed by atoms with Crippen molar-refractivity contribution in [2.75, 3.05) is 34.5 Å². The molecule has 0 saturated carbocycles. The van der Waals surface area contributed by atoms with Crippen LogP contribution in [0.3, 0.4) is 0 Å². The van der Waals surface area contributed by atoms with Gasteiger partial charge in [-0.25, -0.2) is 0 Å². The number of thiol groups is 9. The molecule has 0 saturated heterocycles. The summed E-state index contributed by atoms with van der Waals surface area (Å²) in [6.45, 7) is 23.0. The fraction of sp³-hybridized carbons (Fsp3) is 0.550. The number of carboxylic acids is 4. The molecule has 0 amide bonds. The van der Waals surface area contributed by atoms with Crippen LogP contribution in [-0.2, 0) is 228 Å². The molecule has 0 fully saturated rings. The molecule has 0 rings (SSSR count). The van der Waals surface area contributed by atoms with E-state index in [9.17, 15) is 19.2 Å². The van der Waals surface area contributed by atoms with Crippen molar-refractivity contribution in [1.82, 2.24) is 0 Å². The molecule has 4 atom stereocenters. The van der Waals surface area contributed by atoms with Crippen LogP contribution in [0, 0.1) is 43.6 Å². The van der Waals surface area contributed by atoms with Crippen molar-refractivity contribution in [3.8, 4) is 0 Å². The second kappa shape index (κ2) is 155. The van der Waals surface area contributed by atoms with Crippen LogP contribution in [0.4, 0.5) is 0 Å². The predicted molar refractivity (Wildman–Crippen MR) is 216 cm³/mol. The summed E-state index contributed by atoms with van der Waals surface area (Å²) < 4.78 is 22.5. The van der Waals surface area contributed by atoms with Crippen molar-refractivity contribution in [2.24, 2.45) is 22.9 Å². The first kappa shape index (κ1) is 145. The quantitative estimate of drug-likeness (QED) is 0.0324. The van der Waals surface area contributed by atoms with Crippen molar-refractivity contribution >= 4 is 167 Å². The molecule has 0 aromatic rings. The van der Waals surface area contributed by atoms with Gasteiger partial charge in [0.05, 0.1) is 0 Å². The average Bonchev–Trinajstić information content (AvgIpc) is 3.05. The predicted octanol–water partition coefficient (Wildman–Crippen LogP) is -4.33. The Morgan fingerprint density at radius 2 is 0.600 bits per heavy atom. The second-order valence-electron chi connectivity index (χ2n) is 5.27. The SMILES string of the molecule is N[C@@H](CS)C(=O)O.N[C@@H](CS)C(=O)O.N[C@@H](CS)C(=O)O.N[C@@H](CS)C(=O)O.O.[C-]#N.[C-]#N.[C-]#[O+].[C-]#[O+].[C-]#[O+].[Fe+2].[Fe+3].[Fe].[Fe].[Fe].[Fe].[S-]CCC[S-].[SH-].[SH-].[SH-].[SH-].[SH-]. The van der Waals surface area contributed by atoms with E-state index in [1.165, 1.54) is 0 Å². The monoisotopic (exact) mass is 1240 g/mol. The fourth-order valence-corrected chi connectivity index (χ4v) is 1.47. The Morgan fingerprint density at radius 1 is 0.509 bits per heavy atom. The molecular formula is C20H41Fe6N6O12S11-4. The van der Waals surface area contributed by atoms with E-state index in [1.807, 2.05) is 0 Å². The van der Waals surface area contributed by atoms with Gasteiger partial charge in [-0.1, -0.05) is 6.42 Å². The van der Waals surface area contributed by atoms with Gasteiger partial charge in [-0.3, -0.25) is 19.2 Å². The average molecular weight is 1250 g/mol. The van der Waals surface area contributed by atoms with Gasteiger partial charge in [0.25, 0.3) is 0 Å². The fourth-order valence-electron chi connectivity index (χ4n) is 0.371. The maximum absolute atomic E-state index is 9.76. The summed E-state index contributed by atoms with van der Waals surface area (Å²) in [6, 6.07) is -3.27. The summed E-state index contributed by atoms with van der Waals surface area (Å²) >= 11 is 23.8. The smallest absolute Gasteiger partial charge is 0.813 e. The molecule has 0 aromatic carbocycles. The molecule has 14 N–H and O–H groups in total. The van der Waals surface area contributed by atoms with Gasteiger partial charge in [0, 0.05) is 91.3 Å². The first-order chi connectivity index (χ1) is 20.1. The number of hydrogen-bond acceptors (Lipinski definition) is 21. The molecule has 0 bridgehead atoms. The summed E-state index contributed by atoms with van der Waals surface area (Å²) in [6.07, 6.45) is 1.02. The summed E-state index contributed by atoms with van der Waals surface area (Å²) in [4.78, 5) is 39.0. The van der Waals surface area contributed by atoms with E-state index >= 15 is 0 Å². The molecule has 55 heavy (non-hydrogen) atoms. The van der Waals surface area contributed by atoms with Crippen LogP contribution < -0.4 is 22.9 Å². The third kappa shape index (κ3) is 206. The van der Waals surface area contributed by atoms with E-state index in [2.05, 4.69) is 95.7 Å². The summed E-state index contributed by atoms with van der Waals surface area (Å²) in [5.41, 5.74) is 19.8.